The lowest BCUT2D eigenvalue weighted by molar-refractivity contribution is 0.304. The predicted molar refractivity (Wildman–Crippen MR) is 105 cm³/mol. The first-order valence-corrected chi connectivity index (χ1v) is 8.95. The van der Waals surface area contributed by atoms with Crippen LogP contribution in [0.4, 0.5) is 0 Å². The van der Waals surface area contributed by atoms with Crippen LogP contribution >= 0.6 is 0 Å². The van der Waals surface area contributed by atoms with Crippen molar-refractivity contribution in [1.29, 1.82) is 0 Å². The van der Waals surface area contributed by atoms with E-state index in [0.717, 1.165) is 12.2 Å². The van der Waals surface area contributed by atoms with Gasteiger partial charge in [-0.15, -0.1) is 0 Å². The zero-order chi connectivity index (χ0) is 17.0. The Labute approximate surface area is 147 Å². The molecule has 1 heteroatoms. The molecular formula is C24H20O. The first kappa shape index (κ1) is 14.5. The highest BCUT2D eigenvalue weighted by Crippen LogP contribution is 2.42. The molecule has 0 N–H and O–H groups in total. The van der Waals surface area contributed by atoms with Gasteiger partial charge in [0, 0.05) is 11.1 Å². The van der Waals surface area contributed by atoms with Crippen LogP contribution in [0.15, 0.2) is 60.7 Å². The third kappa shape index (κ3) is 2.23. The number of ether oxygens (including phenoxy) is 1. The van der Waals surface area contributed by atoms with Crippen LogP contribution in [0.1, 0.15) is 23.6 Å². The number of rotatable bonds is 1. The summed E-state index contributed by atoms with van der Waals surface area (Å²) >= 11 is 0. The van der Waals surface area contributed by atoms with Gasteiger partial charge in [-0.2, -0.15) is 0 Å². The predicted octanol–water partition coefficient (Wildman–Crippen LogP) is 6.42. The van der Waals surface area contributed by atoms with Crippen molar-refractivity contribution in [3.8, 4) is 16.9 Å². The molecule has 1 nitrogen and oxygen atoms in total. The van der Waals surface area contributed by atoms with Gasteiger partial charge in [-0.05, 0) is 58.1 Å². The van der Waals surface area contributed by atoms with Crippen molar-refractivity contribution in [2.45, 2.75) is 26.9 Å². The Balaban J connectivity index is 1.77. The van der Waals surface area contributed by atoms with Crippen molar-refractivity contribution < 1.29 is 4.74 Å². The molecule has 0 spiro atoms. The first-order valence-electron chi connectivity index (χ1n) is 8.95. The molecule has 122 valence electrons. The highest BCUT2D eigenvalue weighted by Gasteiger charge is 2.20. The Bertz CT molecular complexity index is 1140. The Hall–Kier alpha value is -2.80. The summed E-state index contributed by atoms with van der Waals surface area (Å²) in [6.45, 7) is 4.97. The largest absolute Gasteiger partial charge is 0.488 e. The fourth-order valence-electron chi connectivity index (χ4n) is 3.95. The number of hydrogen-bond acceptors (Lipinski definition) is 1. The van der Waals surface area contributed by atoms with Gasteiger partial charge in [0.25, 0.3) is 0 Å². The fourth-order valence-corrected chi connectivity index (χ4v) is 3.95. The average molecular weight is 324 g/mol. The van der Waals surface area contributed by atoms with E-state index in [-0.39, 0.29) is 0 Å². The van der Waals surface area contributed by atoms with Gasteiger partial charge in [-0.3, -0.25) is 0 Å². The van der Waals surface area contributed by atoms with Crippen LogP contribution < -0.4 is 4.74 Å². The minimum absolute atomic E-state index is 0.641. The van der Waals surface area contributed by atoms with Gasteiger partial charge in [0.15, 0.2) is 0 Å². The van der Waals surface area contributed by atoms with Crippen LogP contribution in [-0.2, 0) is 13.0 Å². The second kappa shape index (κ2) is 5.35. The summed E-state index contributed by atoms with van der Waals surface area (Å²) in [4.78, 5) is 0. The normalized spacial score (nSPS) is 12.7. The number of aryl methyl sites for hydroxylation is 2. The van der Waals surface area contributed by atoms with Gasteiger partial charge in [0.05, 0.1) is 0 Å². The quantitative estimate of drug-likeness (QED) is 0.392. The molecule has 0 saturated heterocycles. The molecule has 1 aliphatic rings. The highest BCUT2D eigenvalue weighted by atomic mass is 16.5. The van der Waals surface area contributed by atoms with Crippen molar-refractivity contribution in [3.05, 3.63) is 77.4 Å². The van der Waals surface area contributed by atoms with Gasteiger partial charge < -0.3 is 4.74 Å². The second-order valence-corrected chi connectivity index (χ2v) is 6.99. The van der Waals surface area contributed by atoms with Crippen LogP contribution in [-0.4, -0.2) is 0 Å². The highest BCUT2D eigenvalue weighted by molar-refractivity contribution is 5.97. The van der Waals surface area contributed by atoms with Gasteiger partial charge in [0.1, 0.15) is 12.4 Å². The van der Waals surface area contributed by atoms with E-state index in [2.05, 4.69) is 74.5 Å². The molecule has 25 heavy (non-hydrogen) atoms. The van der Waals surface area contributed by atoms with Crippen molar-refractivity contribution in [2.75, 3.05) is 0 Å². The number of hydrogen-bond donors (Lipinski definition) is 0. The Morgan fingerprint density at radius 3 is 2.56 bits per heavy atom. The summed E-state index contributed by atoms with van der Waals surface area (Å²) in [6, 6.07) is 22.4. The molecular weight excluding hydrogens is 304 g/mol. The van der Waals surface area contributed by atoms with E-state index >= 15 is 0 Å². The molecule has 0 aliphatic carbocycles. The third-order valence-corrected chi connectivity index (χ3v) is 5.36. The molecule has 0 saturated carbocycles. The van der Waals surface area contributed by atoms with E-state index in [0.29, 0.717) is 6.61 Å². The van der Waals surface area contributed by atoms with Gasteiger partial charge in [-0.1, -0.05) is 61.0 Å². The topological polar surface area (TPSA) is 9.23 Å². The molecule has 0 aromatic heterocycles. The van der Waals surface area contributed by atoms with Gasteiger partial charge in [0.2, 0.25) is 0 Å². The van der Waals surface area contributed by atoms with E-state index in [1.165, 1.54) is 49.4 Å². The molecule has 0 atom stereocenters. The lowest BCUT2D eigenvalue weighted by atomic mass is 9.90. The second-order valence-electron chi connectivity index (χ2n) is 6.99. The molecule has 0 radical (unpaired) electrons. The van der Waals surface area contributed by atoms with Crippen LogP contribution in [0.25, 0.3) is 32.7 Å². The van der Waals surface area contributed by atoms with E-state index in [1.807, 2.05) is 0 Å². The zero-order valence-corrected chi connectivity index (χ0v) is 14.6. The molecule has 1 aliphatic heterocycles. The molecule has 4 aromatic carbocycles. The summed E-state index contributed by atoms with van der Waals surface area (Å²) in [6.07, 6.45) is 1.07. The smallest absolute Gasteiger partial charge is 0.128 e. The maximum atomic E-state index is 6.16. The van der Waals surface area contributed by atoms with Crippen molar-refractivity contribution >= 4 is 21.5 Å². The fraction of sp³-hybridized carbons (Fsp3) is 0.167. The van der Waals surface area contributed by atoms with Crippen LogP contribution in [0, 0.1) is 6.92 Å². The van der Waals surface area contributed by atoms with Crippen LogP contribution in [0.5, 0.6) is 5.75 Å². The number of fused-ring (bicyclic) bond motifs is 6. The first-order chi connectivity index (χ1) is 12.2. The summed E-state index contributed by atoms with van der Waals surface area (Å²) in [5.41, 5.74) is 6.48. The lowest BCUT2D eigenvalue weighted by Crippen LogP contribution is -2.06. The molecule has 0 unspecified atom stereocenters. The SMILES string of the molecule is CCc1ccc2c3c(ccc2c1)-c1cc2ccc(C)cc2cc1OC3. The monoisotopic (exact) mass is 324 g/mol. The standard InChI is InChI=1S/C24H20O/c1-3-16-5-8-20-18(11-16)7-9-21-22-12-17-6-4-15(2)10-19(17)13-24(22)25-14-23(20)21/h4-13H,3,14H2,1-2H3. The van der Waals surface area contributed by atoms with Crippen LogP contribution in [0.3, 0.4) is 0 Å². The molecule has 0 amide bonds. The molecule has 0 bridgehead atoms. The molecule has 1 heterocycles. The Kier molecular flexibility index (Phi) is 3.11. The molecule has 5 rings (SSSR count). The molecule has 4 aromatic rings. The van der Waals surface area contributed by atoms with Gasteiger partial charge in [-0.25, -0.2) is 0 Å². The van der Waals surface area contributed by atoms with Crippen molar-refractivity contribution in [1.82, 2.24) is 0 Å². The maximum Gasteiger partial charge on any atom is 0.128 e. The van der Waals surface area contributed by atoms with E-state index < -0.39 is 0 Å². The summed E-state index contributed by atoms with van der Waals surface area (Å²) in [7, 11) is 0. The minimum atomic E-state index is 0.641. The zero-order valence-electron chi connectivity index (χ0n) is 14.6. The Morgan fingerprint density at radius 1 is 0.800 bits per heavy atom. The third-order valence-electron chi connectivity index (χ3n) is 5.36. The lowest BCUT2D eigenvalue weighted by Gasteiger charge is -2.23. The minimum Gasteiger partial charge on any atom is -0.488 e. The summed E-state index contributed by atoms with van der Waals surface area (Å²) < 4.78 is 6.16. The summed E-state index contributed by atoms with van der Waals surface area (Å²) in [5.74, 6) is 0.995. The van der Waals surface area contributed by atoms with Crippen molar-refractivity contribution in [2.24, 2.45) is 0 Å². The van der Waals surface area contributed by atoms with E-state index in [4.69, 9.17) is 4.74 Å². The Morgan fingerprint density at radius 2 is 1.68 bits per heavy atom. The average Bonchev–Trinajstić information content (AvgIpc) is 2.65. The number of benzene rings is 4. The van der Waals surface area contributed by atoms with E-state index in [9.17, 15) is 0 Å². The summed E-state index contributed by atoms with van der Waals surface area (Å²) in [5, 5.41) is 5.13. The van der Waals surface area contributed by atoms with Crippen molar-refractivity contribution in [3.63, 3.8) is 0 Å². The van der Waals surface area contributed by atoms with E-state index in [1.54, 1.807) is 0 Å². The maximum absolute atomic E-state index is 6.16. The van der Waals surface area contributed by atoms with Crippen LogP contribution in [0.2, 0.25) is 0 Å². The van der Waals surface area contributed by atoms with Gasteiger partial charge >= 0.3 is 0 Å². The molecule has 0 fully saturated rings.